The van der Waals surface area contributed by atoms with Gasteiger partial charge in [0.2, 0.25) is 5.91 Å². The second kappa shape index (κ2) is 6.13. The van der Waals surface area contributed by atoms with E-state index in [2.05, 4.69) is 0 Å². The third-order valence-corrected chi connectivity index (χ3v) is 3.69. The fourth-order valence-electron chi connectivity index (χ4n) is 2.60. The van der Waals surface area contributed by atoms with E-state index in [1.54, 1.807) is 18.9 Å². The summed E-state index contributed by atoms with van der Waals surface area (Å²) in [7, 11) is 3.42. The molecule has 1 N–H and O–H groups in total. The van der Waals surface area contributed by atoms with Gasteiger partial charge in [-0.2, -0.15) is 0 Å². The molecule has 0 aromatic heterocycles. The summed E-state index contributed by atoms with van der Waals surface area (Å²) in [5, 5.41) is 10.0. The van der Waals surface area contributed by atoms with Gasteiger partial charge < -0.3 is 19.6 Å². The van der Waals surface area contributed by atoms with E-state index in [4.69, 9.17) is 4.74 Å². The van der Waals surface area contributed by atoms with Crippen LogP contribution in [-0.4, -0.2) is 49.7 Å². The number of methoxy groups -OCH3 is 1. The van der Waals surface area contributed by atoms with Gasteiger partial charge in [0.1, 0.15) is 5.75 Å². The van der Waals surface area contributed by atoms with E-state index in [9.17, 15) is 9.90 Å². The standard InChI is InChI=1S/C15H22N2O3/c1-11(18)15-12(6-4-7-13(15)20-3)17-9-5-8-16(2)14(19)10-17/h4,6-7,11,18H,5,8-10H2,1-3H3/t11-/m1/s1. The number of carbonyl (C=O) groups is 1. The van der Waals surface area contributed by atoms with Crippen molar-refractivity contribution >= 4 is 11.6 Å². The Morgan fingerprint density at radius 2 is 2.10 bits per heavy atom. The molecule has 20 heavy (non-hydrogen) atoms. The molecule has 1 aliphatic rings. The molecule has 0 bridgehead atoms. The number of rotatable bonds is 3. The molecule has 0 radical (unpaired) electrons. The molecule has 5 heteroatoms. The van der Waals surface area contributed by atoms with E-state index < -0.39 is 6.10 Å². The summed E-state index contributed by atoms with van der Waals surface area (Å²) >= 11 is 0. The number of ether oxygens (including phenoxy) is 1. The van der Waals surface area contributed by atoms with Gasteiger partial charge in [-0.1, -0.05) is 6.07 Å². The highest BCUT2D eigenvalue weighted by molar-refractivity contribution is 5.82. The molecule has 1 aromatic rings. The molecule has 1 fully saturated rings. The minimum absolute atomic E-state index is 0.0989. The molecule has 0 aliphatic carbocycles. The lowest BCUT2D eigenvalue weighted by molar-refractivity contribution is -0.127. The zero-order valence-electron chi connectivity index (χ0n) is 12.3. The molecule has 2 rings (SSSR count). The molecule has 110 valence electrons. The topological polar surface area (TPSA) is 53.0 Å². The van der Waals surface area contributed by atoms with Crippen molar-refractivity contribution in [2.45, 2.75) is 19.4 Å². The molecule has 1 aliphatic heterocycles. The maximum atomic E-state index is 12.0. The second-order valence-electron chi connectivity index (χ2n) is 5.16. The maximum Gasteiger partial charge on any atom is 0.241 e. The molecule has 0 unspecified atom stereocenters. The number of aliphatic hydroxyl groups excluding tert-OH is 1. The third-order valence-electron chi connectivity index (χ3n) is 3.69. The van der Waals surface area contributed by atoms with Gasteiger partial charge in [-0.25, -0.2) is 0 Å². The van der Waals surface area contributed by atoms with Gasteiger partial charge in [0.15, 0.2) is 0 Å². The highest BCUT2D eigenvalue weighted by Gasteiger charge is 2.23. The molecule has 1 aromatic carbocycles. The van der Waals surface area contributed by atoms with Crippen LogP contribution in [0.2, 0.25) is 0 Å². The first-order valence-corrected chi connectivity index (χ1v) is 6.88. The average Bonchev–Trinajstić information content (AvgIpc) is 2.60. The maximum absolute atomic E-state index is 12.0. The van der Waals surface area contributed by atoms with E-state index in [-0.39, 0.29) is 5.91 Å². The molecular formula is C15H22N2O3. The first-order chi connectivity index (χ1) is 9.54. The predicted molar refractivity (Wildman–Crippen MR) is 78.1 cm³/mol. The fraction of sp³-hybridized carbons (Fsp3) is 0.533. The fourth-order valence-corrected chi connectivity index (χ4v) is 2.60. The molecule has 1 amide bonds. The van der Waals surface area contributed by atoms with Crippen molar-refractivity contribution in [3.63, 3.8) is 0 Å². The molecular weight excluding hydrogens is 256 g/mol. The van der Waals surface area contributed by atoms with Crippen LogP contribution in [0.15, 0.2) is 18.2 Å². The molecule has 0 spiro atoms. The summed E-state index contributed by atoms with van der Waals surface area (Å²) in [5.41, 5.74) is 1.62. The van der Waals surface area contributed by atoms with Crippen LogP contribution in [0.25, 0.3) is 0 Å². The van der Waals surface area contributed by atoms with Crippen LogP contribution in [-0.2, 0) is 4.79 Å². The minimum atomic E-state index is -0.641. The Hall–Kier alpha value is -1.75. The summed E-state index contributed by atoms with van der Waals surface area (Å²) in [6.45, 7) is 3.61. The SMILES string of the molecule is COc1cccc(N2CCCN(C)C(=O)C2)c1[C@@H](C)O. The summed E-state index contributed by atoms with van der Waals surface area (Å²) in [6, 6.07) is 5.65. The lowest BCUT2D eigenvalue weighted by Crippen LogP contribution is -2.34. The molecule has 5 nitrogen and oxygen atoms in total. The van der Waals surface area contributed by atoms with Crippen molar-refractivity contribution in [1.82, 2.24) is 4.90 Å². The van der Waals surface area contributed by atoms with Crippen LogP contribution in [0.1, 0.15) is 25.0 Å². The van der Waals surface area contributed by atoms with Gasteiger partial charge in [-0.15, -0.1) is 0 Å². The molecule has 0 saturated carbocycles. The van der Waals surface area contributed by atoms with Crippen molar-refractivity contribution in [3.8, 4) is 5.75 Å². The number of aliphatic hydroxyl groups is 1. The van der Waals surface area contributed by atoms with Crippen molar-refractivity contribution in [3.05, 3.63) is 23.8 Å². The van der Waals surface area contributed by atoms with Gasteiger partial charge >= 0.3 is 0 Å². The first-order valence-electron chi connectivity index (χ1n) is 6.88. The smallest absolute Gasteiger partial charge is 0.241 e. The van der Waals surface area contributed by atoms with Gasteiger partial charge in [-0.3, -0.25) is 4.79 Å². The Morgan fingerprint density at radius 3 is 2.75 bits per heavy atom. The first kappa shape index (κ1) is 14.7. The zero-order valence-corrected chi connectivity index (χ0v) is 12.3. The molecule has 1 atom stereocenters. The number of hydrogen-bond donors (Lipinski definition) is 1. The monoisotopic (exact) mass is 278 g/mol. The number of hydrogen-bond acceptors (Lipinski definition) is 4. The van der Waals surface area contributed by atoms with Crippen LogP contribution in [0.3, 0.4) is 0 Å². The van der Waals surface area contributed by atoms with Crippen LogP contribution in [0.4, 0.5) is 5.69 Å². The summed E-state index contributed by atoms with van der Waals surface area (Å²) in [5.74, 6) is 0.754. The third kappa shape index (κ3) is 2.88. The van der Waals surface area contributed by atoms with Crippen molar-refractivity contribution in [2.24, 2.45) is 0 Å². The average molecular weight is 278 g/mol. The van der Waals surface area contributed by atoms with E-state index in [0.29, 0.717) is 12.3 Å². The largest absolute Gasteiger partial charge is 0.496 e. The number of likely N-dealkylation sites (N-methyl/N-ethyl adjacent to an activating group) is 1. The second-order valence-corrected chi connectivity index (χ2v) is 5.16. The quantitative estimate of drug-likeness (QED) is 0.908. The van der Waals surface area contributed by atoms with E-state index >= 15 is 0 Å². The minimum Gasteiger partial charge on any atom is -0.496 e. The Balaban J connectivity index is 2.38. The van der Waals surface area contributed by atoms with Gasteiger partial charge in [0.25, 0.3) is 0 Å². The predicted octanol–water partition coefficient (Wildman–Crippen LogP) is 1.42. The normalized spacial score (nSPS) is 17.9. The van der Waals surface area contributed by atoms with Gasteiger partial charge in [-0.05, 0) is 25.5 Å². The highest BCUT2D eigenvalue weighted by Crippen LogP contribution is 2.35. The van der Waals surface area contributed by atoms with Gasteiger partial charge in [0.05, 0.1) is 19.8 Å². The van der Waals surface area contributed by atoms with Gasteiger partial charge in [0, 0.05) is 31.4 Å². The van der Waals surface area contributed by atoms with Crippen LogP contribution in [0.5, 0.6) is 5.75 Å². The molecule has 1 heterocycles. The summed E-state index contributed by atoms with van der Waals surface area (Å²) in [4.78, 5) is 15.8. The Bertz CT molecular complexity index is 488. The summed E-state index contributed by atoms with van der Waals surface area (Å²) in [6.07, 6.45) is 0.274. The van der Waals surface area contributed by atoms with E-state index in [1.807, 2.05) is 30.1 Å². The number of carbonyl (C=O) groups excluding carboxylic acids is 1. The van der Waals surface area contributed by atoms with E-state index in [1.165, 1.54) is 0 Å². The lowest BCUT2D eigenvalue weighted by atomic mass is 10.1. The highest BCUT2D eigenvalue weighted by atomic mass is 16.5. The Labute approximate surface area is 119 Å². The Kier molecular flexibility index (Phi) is 4.49. The van der Waals surface area contributed by atoms with Crippen molar-refractivity contribution < 1.29 is 14.6 Å². The summed E-state index contributed by atoms with van der Waals surface area (Å²) < 4.78 is 5.34. The number of anilines is 1. The Morgan fingerprint density at radius 1 is 1.35 bits per heavy atom. The van der Waals surface area contributed by atoms with Crippen LogP contribution in [0, 0.1) is 0 Å². The number of nitrogens with zero attached hydrogens (tertiary/aromatic N) is 2. The van der Waals surface area contributed by atoms with Crippen LogP contribution >= 0.6 is 0 Å². The number of benzene rings is 1. The zero-order chi connectivity index (χ0) is 14.7. The molecule has 1 saturated heterocycles. The number of amides is 1. The lowest BCUT2D eigenvalue weighted by Gasteiger charge is -2.26. The van der Waals surface area contributed by atoms with Crippen molar-refractivity contribution in [1.29, 1.82) is 0 Å². The van der Waals surface area contributed by atoms with Crippen molar-refractivity contribution in [2.75, 3.05) is 38.7 Å². The van der Waals surface area contributed by atoms with E-state index in [0.717, 1.165) is 30.8 Å². The van der Waals surface area contributed by atoms with Crippen LogP contribution < -0.4 is 9.64 Å².